The summed E-state index contributed by atoms with van der Waals surface area (Å²) in [6.07, 6.45) is 1.66. The van der Waals surface area contributed by atoms with Crippen LogP contribution >= 0.6 is 11.6 Å². The van der Waals surface area contributed by atoms with E-state index in [1.807, 2.05) is 84.9 Å². The average molecular weight is 839 g/mol. The van der Waals surface area contributed by atoms with Gasteiger partial charge in [0, 0.05) is 28.4 Å². The Bertz CT molecular complexity index is 2700. The maximum Gasteiger partial charge on any atom is 0.279 e. The number of aliphatic hydroxyl groups is 1. The molecule has 6 aromatic rings. The highest BCUT2D eigenvalue weighted by Crippen LogP contribution is 2.60. The third-order valence-electron chi connectivity index (χ3n) is 13.3. The Balaban J connectivity index is 1.10. The van der Waals surface area contributed by atoms with E-state index in [1.165, 1.54) is 4.68 Å². The highest BCUT2D eigenvalue weighted by molar-refractivity contribution is 6.91. The zero-order valence-corrected chi connectivity index (χ0v) is 35.8. The van der Waals surface area contributed by atoms with E-state index >= 15 is 4.79 Å². The van der Waals surface area contributed by atoms with Gasteiger partial charge < -0.3 is 24.4 Å². The normalized spacial score (nSPS) is 22.3. The van der Waals surface area contributed by atoms with Crippen LogP contribution < -0.4 is 20.4 Å². The van der Waals surface area contributed by atoms with Crippen molar-refractivity contribution in [3.63, 3.8) is 0 Å². The molecule has 0 saturated carbocycles. The van der Waals surface area contributed by atoms with E-state index in [0.717, 1.165) is 33.0 Å². The van der Waals surface area contributed by atoms with Gasteiger partial charge in [-0.1, -0.05) is 104 Å². The second-order valence-electron chi connectivity index (χ2n) is 16.9. The molecule has 1 N–H and O–H groups in total. The molecule has 12 heteroatoms. The summed E-state index contributed by atoms with van der Waals surface area (Å²) >= 11 is 6.77. The zero-order valence-electron chi connectivity index (χ0n) is 34.0. The number of halogens is 1. The first-order valence-electron chi connectivity index (χ1n) is 20.4. The van der Waals surface area contributed by atoms with E-state index in [2.05, 4.69) is 43.3 Å². The fourth-order valence-electron chi connectivity index (χ4n) is 10.2. The summed E-state index contributed by atoms with van der Waals surface area (Å²) in [6, 6.07) is 36.2. The molecule has 0 bridgehead atoms. The van der Waals surface area contributed by atoms with E-state index in [-0.39, 0.29) is 54.4 Å². The summed E-state index contributed by atoms with van der Waals surface area (Å²) in [5.41, 5.74) is 3.07. The Morgan fingerprint density at radius 3 is 2.47 bits per heavy atom. The van der Waals surface area contributed by atoms with Gasteiger partial charge in [0.05, 0.1) is 69.9 Å². The lowest BCUT2D eigenvalue weighted by Crippen LogP contribution is -2.52. The summed E-state index contributed by atoms with van der Waals surface area (Å²) in [7, 11) is -0.932. The van der Waals surface area contributed by atoms with Gasteiger partial charge in [-0.3, -0.25) is 14.4 Å². The molecule has 60 heavy (non-hydrogen) atoms. The van der Waals surface area contributed by atoms with Crippen molar-refractivity contribution in [1.82, 2.24) is 14.7 Å². The second-order valence-corrected chi connectivity index (χ2v) is 22.0. The highest BCUT2D eigenvalue weighted by atomic mass is 35.5. The van der Waals surface area contributed by atoms with E-state index in [4.69, 9.17) is 21.1 Å². The molecule has 306 valence electrons. The molecule has 1 aromatic heterocycles. The van der Waals surface area contributed by atoms with Crippen LogP contribution in [-0.4, -0.2) is 65.5 Å². The topological polar surface area (TPSA) is 114 Å². The maximum atomic E-state index is 15.5. The number of rotatable bonds is 9. The standard InChI is InChI=1S/C48H47ClN4O6Si/c1-30-45(60(3,4)39-19-17-38(58-2)18-20-39)43(25-44(55)51-28-34-13-6-5-11-32(34)23-37(51)29-54)59-48(30)41-24-35(49)16-21-42(41)52(47(48)57)27-31-10-9-14-36(22-31)53-46(56)40-15-8-7-12-33(40)26-50-53/h5-22,24,26,30,37,43,45,54H,23,25,27-29H2,1-4H3/t30-,37+,43+,45-,48+/m1/s1. The predicted octanol–water partition coefficient (Wildman–Crippen LogP) is 7.15. The summed E-state index contributed by atoms with van der Waals surface area (Å²) < 4.78 is 14.2. The molecule has 3 aliphatic heterocycles. The number of hydrogen-bond donors (Lipinski definition) is 1. The SMILES string of the molecule is COc1ccc([Si](C)(C)[C@H]2[C@H](CC(=O)N3Cc4ccccc4C[C@H]3CO)O[C@@]3(C(=O)N(Cc4cccc(-n5ncc6ccccc6c5=O)c4)c4ccc(Cl)cc43)[C@@H]2C)cc1. The first kappa shape index (κ1) is 39.8. The molecule has 0 radical (unpaired) electrons. The van der Waals surface area contributed by atoms with E-state index < -0.39 is 19.8 Å². The number of ether oxygens (including phenoxy) is 2. The van der Waals surface area contributed by atoms with Crippen LogP contribution in [0, 0.1) is 5.92 Å². The molecule has 10 nitrogen and oxygen atoms in total. The Morgan fingerprint density at radius 2 is 1.70 bits per heavy atom. The smallest absolute Gasteiger partial charge is 0.279 e. The van der Waals surface area contributed by atoms with Gasteiger partial charge in [-0.15, -0.1) is 0 Å². The fraction of sp³-hybridized carbons (Fsp3) is 0.292. The Labute approximate surface area is 354 Å². The van der Waals surface area contributed by atoms with Crippen molar-refractivity contribution in [1.29, 1.82) is 0 Å². The lowest BCUT2D eigenvalue weighted by Gasteiger charge is -2.39. The number of amides is 2. The van der Waals surface area contributed by atoms with Crippen LogP contribution in [0.4, 0.5) is 5.69 Å². The number of methoxy groups -OCH3 is 1. The first-order valence-corrected chi connectivity index (χ1v) is 23.9. The van der Waals surface area contributed by atoms with Gasteiger partial charge in [-0.25, -0.2) is 0 Å². The van der Waals surface area contributed by atoms with Crippen molar-refractivity contribution in [2.75, 3.05) is 18.6 Å². The molecule has 1 fully saturated rings. The minimum Gasteiger partial charge on any atom is -0.497 e. The summed E-state index contributed by atoms with van der Waals surface area (Å²) in [5, 5.41) is 17.9. The minimum atomic E-state index is -2.58. The molecule has 3 aliphatic rings. The number of carbonyl (C=O) groups is 2. The third-order valence-corrected chi connectivity index (χ3v) is 17.8. The van der Waals surface area contributed by atoms with Gasteiger partial charge in [-0.05, 0) is 77.2 Å². The molecular weight excluding hydrogens is 792 g/mol. The zero-order chi connectivity index (χ0) is 41.9. The van der Waals surface area contributed by atoms with E-state index in [1.54, 1.807) is 35.2 Å². The molecule has 5 atom stereocenters. The van der Waals surface area contributed by atoms with Crippen LogP contribution in [0.2, 0.25) is 23.7 Å². The Kier molecular flexibility index (Phi) is 10.3. The maximum absolute atomic E-state index is 15.5. The number of hydrogen-bond acceptors (Lipinski definition) is 7. The van der Waals surface area contributed by atoms with Crippen LogP contribution in [0.5, 0.6) is 5.75 Å². The molecule has 1 saturated heterocycles. The lowest BCUT2D eigenvalue weighted by atomic mass is 9.82. The van der Waals surface area contributed by atoms with Crippen LogP contribution in [0.1, 0.15) is 35.6 Å². The van der Waals surface area contributed by atoms with Gasteiger partial charge in [0.25, 0.3) is 11.5 Å². The van der Waals surface area contributed by atoms with Gasteiger partial charge in [0.1, 0.15) is 5.75 Å². The Morgan fingerprint density at radius 1 is 0.950 bits per heavy atom. The first-order chi connectivity index (χ1) is 28.9. The molecule has 0 unspecified atom stereocenters. The number of carbonyl (C=O) groups excluding carboxylic acids is 2. The van der Waals surface area contributed by atoms with Crippen molar-refractivity contribution in [3.8, 4) is 11.4 Å². The summed E-state index contributed by atoms with van der Waals surface area (Å²) in [6.45, 7) is 7.09. The number of fused-ring (bicyclic) bond motifs is 4. The number of anilines is 1. The molecule has 2 amide bonds. The molecule has 0 aliphatic carbocycles. The largest absolute Gasteiger partial charge is 0.497 e. The summed E-state index contributed by atoms with van der Waals surface area (Å²) in [4.78, 5) is 47.2. The second kappa shape index (κ2) is 15.5. The number of aromatic nitrogens is 2. The molecule has 4 heterocycles. The molecule has 5 aromatic carbocycles. The van der Waals surface area contributed by atoms with Gasteiger partial charge in [0.2, 0.25) is 5.91 Å². The van der Waals surface area contributed by atoms with Crippen LogP contribution in [0.25, 0.3) is 16.5 Å². The van der Waals surface area contributed by atoms with Crippen molar-refractivity contribution in [2.45, 2.75) is 69.2 Å². The summed E-state index contributed by atoms with van der Waals surface area (Å²) in [5.74, 6) is 0.0400. The predicted molar refractivity (Wildman–Crippen MR) is 236 cm³/mol. The number of nitrogens with zero attached hydrogens (tertiary/aromatic N) is 4. The van der Waals surface area contributed by atoms with Gasteiger partial charge in [-0.2, -0.15) is 9.78 Å². The van der Waals surface area contributed by atoms with E-state index in [9.17, 15) is 14.7 Å². The molecule has 9 rings (SSSR count). The van der Waals surface area contributed by atoms with Crippen molar-refractivity contribution in [3.05, 3.63) is 159 Å². The average Bonchev–Trinajstić information content (AvgIpc) is 3.68. The minimum absolute atomic E-state index is 0.0424. The number of benzene rings is 5. The molecule has 1 spiro atoms. The van der Waals surface area contributed by atoms with Gasteiger partial charge >= 0.3 is 0 Å². The lowest BCUT2D eigenvalue weighted by molar-refractivity contribution is -0.151. The highest BCUT2D eigenvalue weighted by Gasteiger charge is 2.66. The van der Waals surface area contributed by atoms with Crippen LogP contribution in [0.15, 0.2) is 126 Å². The molecular formula is C48H47ClN4O6Si. The monoisotopic (exact) mass is 838 g/mol. The third kappa shape index (κ3) is 6.55. The van der Waals surface area contributed by atoms with Gasteiger partial charge in [0.15, 0.2) is 5.60 Å². The van der Waals surface area contributed by atoms with E-state index in [0.29, 0.717) is 40.3 Å². The van der Waals surface area contributed by atoms with Crippen molar-refractivity contribution in [2.24, 2.45) is 5.92 Å². The quantitative estimate of drug-likeness (QED) is 0.154. The fourth-order valence-corrected chi connectivity index (χ4v) is 14.4. The van der Waals surface area contributed by atoms with Crippen molar-refractivity contribution < 1.29 is 24.2 Å². The van der Waals surface area contributed by atoms with Crippen molar-refractivity contribution >= 4 is 53.1 Å². The van der Waals surface area contributed by atoms with Crippen LogP contribution in [-0.2, 0) is 39.4 Å². The Hall–Kier alpha value is -5.59. The van der Waals surface area contributed by atoms with Crippen LogP contribution in [0.3, 0.4) is 0 Å². The number of aliphatic hydroxyl groups excluding tert-OH is 1.